The molecule has 2 aromatic rings. The van der Waals surface area contributed by atoms with Gasteiger partial charge >= 0.3 is 0 Å². The largest absolute Gasteiger partial charge is 0.394 e. The van der Waals surface area contributed by atoms with Gasteiger partial charge in [0, 0.05) is 44.1 Å². The van der Waals surface area contributed by atoms with Gasteiger partial charge in [-0.3, -0.25) is 14.9 Å². The lowest BCUT2D eigenvalue weighted by Crippen LogP contribution is -2.49. The van der Waals surface area contributed by atoms with Crippen LogP contribution in [0.25, 0.3) is 0 Å². The molecule has 0 unspecified atom stereocenters. The molecule has 4 atom stereocenters. The molecule has 0 aliphatic carbocycles. The van der Waals surface area contributed by atoms with Crippen LogP contribution in [0.2, 0.25) is 0 Å². The van der Waals surface area contributed by atoms with Crippen molar-refractivity contribution in [2.24, 2.45) is 0 Å². The zero-order valence-corrected chi connectivity index (χ0v) is 15.6. The highest BCUT2D eigenvalue weighted by atomic mass is 16.5. The zero-order chi connectivity index (χ0) is 19.1. The molecular formula is C20H28N4O3. The van der Waals surface area contributed by atoms with Gasteiger partial charge in [-0.25, -0.2) is 0 Å². The lowest BCUT2D eigenvalue weighted by Gasteiger charge is -2.30. The van der Waals surface area contributed by atoms with Crippen molar-refractivity contribution in [3.63, 3.8) is 0 Å². The summed E-state index contributed by atoms with van der Waals surface area (Å²) in [6, 6.07) is 11.5. The van der Waals surface area contributed by atoms with Gasteiger partial charge in [-0.15, -0.1) is 0 Å². The number of nitrogens with zero attached hydrogens (tertiary/aromatic N) is 3. The molecule has 0 radical (unpaired) electrons. The predicted molar refractivity (Wildman–Crippen MR) is 102 cm³/mol. The van der Waals surface area contributed by atoms with Gasteiger partial charge in [-0.1, -0.05) is 12.1 Å². The summed E-state index contributed by atoms with van der Waals surface area (Å²) in [5, 5.41) is 23.5. The number of aliphatic hydroxyl groups is 2. The average Bonchev–Trinajstić information content (AvgIpc) is 3.03. The molecule has 3 rings (SSSR count). The summed E-state index contributed by atoms with van der Waals surface area (Å²) in [6.45, 7) is 1.76. The first kappa shape index (κ1) is 19.9. The Morgan fingerprint density at radius 1 is 1.07 bits per heavy atom. The number of aliphatic hydroxyl groups excluding tert-OH is 2. The Hall–Kier alpha value is -1.90. The third-order valence-electron chi connectivity index (χ3n) is 4.97. The van der Waals surface area contributed by atoms with Gasteiger partial charge in [-0.05, 0) is 31.3 Å². The summed E-state index contributed by atoms with van der Waals surface area (Å²) in [4.78, 5) is 10.7. The zero-order valence-electron chi connectivity index (χ0n) is 15.6. The Balaban J connectivity index is 1.57. The molecule has 1 aliphatic rings. The van der Waals surface area contributed by atoms with Gasteiger partial charge in [0.25, 0.3) is 0 Å². The van der Waals surface area contributed by atoms with Crippen LogP contribution >= 0.6 is 0 Å². The number of nitrogens with one attached hydrogen (secondary N) is 1. The number of likely N-dealkylation sites (N-methyl/N-ethyl adjacent to an activating group) is 1. The fourth-order valence-corrected chi connectivity index (χ4v) is 3.52. The molecule has 7 nitrogen and oxygen atoms in total. The highest BCUT2D eigenvalue weighted by Crippen LogP contribution is 2.25. The Morgan fingerprint density at radius 3 is 2.41 bits per heavy atom. The summed E-state index contributed by atoms with van der Waals surface area (Å²) >= 11 is 0. The van der Waals surface area contributed by atoms with E-state index in [1.54, 1.807) is 12.4 Å². The molecule has 2 aromatic heterocycles. The normalized spacial score (nSPS) is 25.2. The highest BCUT2D eigenvalue weighted by molar-refractivity contribution is 5.05. The van der Waals surface area contributed by atoms with E-state index in [2.05, 4.69) is 20.2 Å². The number of rotatable bonds is 9. The second-order valence-corrected chi connectivity index (χ2v) is 6.88. The average molecular weight is 372 g/mol. The molecule has 0 spiro atoms. The summed E-state index contributed by atoms with van der Waals surface area (Å²) in [5.74, 6) is 0. The monoisotopic (exact) mass is 372 g/mol. The van der Waals surface area contributed by atoms with E-state index in [4.69, 9.17) is 4.74 Å². The maximum atomic E-state index is 10.6. The van der Waals surface area contributed by atoms with Crippen LogP contribution in [0.3, 0.4) is 0 Å². The van der Waals surface area contributed by atoms with Crippen LogP contribution in [0.1, 0.15) is 11.4 Å². The Bertz CT molecular complexity index is 673. The number of hydrogen-bond acceptors (Lipinski definition) is 7. The first-order valence-electron chi connectivity index (χ1n) is 9.34. The quantitative estimate of drug-likeness (QED) is 0.580. The van der Waals surface area contributed by atoms with Crippen LogP contribution in [0.5, 0.6) is 0 Å². The SMILES string of the molecule is CN(CCc1ccccn1)[C@H]1[C@H](O)[C@H](CO)O[C@@H]1CNCc1ccccn1. The highest BCUT2D eigenvalue weighted by Gasteiger charge is 2.44. The molecule has 1 fully saturated rings. The van der Waals surface area contributed by atoms with E-state index in [1.807, 2.05) is 43.4 Å². The Kier molecular flexibility index (Phi) is 7.25. The van der Waals surface area contributed by atoms with Gasteiger partial charge < -0.3 is 20.3 Å². The molecule has 0 amide bonds. The summed E-state index contributed by atoms with van der Waals surface area (Å²) in [5.41, 5.74) is 1.97. The van der Waals surface area contributed by atoms with E-state index in [-0.39, 0.29) is 18.8 Å². The Morgan fingerprint density at radius 2 is 1.78 bits per heavy atom. The second kappa shape index (κ2) is 9.87. The number of aromatic nitrogens is 2. The topological polar surface area (TPSA) is 90.7 Å². The molecule has 7 heteroatoms. The molecule has 3 N–H and O–H groups in total. The molecule has 0 aromatic carbocycles. The lowest BCUT2D eigenvalue weighted by atomic mass is 10.0. The van der Waals surface area contributed by atoms with Gasteiger partial charge in [-0.2, -0.15) is 0 Å². The second-order valence-electron chi connectivity index (χ2n) is 6.88. The molecule has 0 bridgehead atoms. The molecule has 1 aliphatic heterocycles. The van der Waals surface area contributed by atoms with Crippen LogP contribution in [-0.4, -0.2) is 76.2 Å². The third-order valence-corrected chi connectivity index (χ3v) is 4.97. The molecule has 0 saturated carbocycles. The fourth-order valence-electron chi connectivity index (χ4n) is 3.52. The van der Waals surface area contributed by atoms with E-state index in [0.717, 1.165) is 24.4 Å². The summed E-state index contributed by atoms with van der Waals surface area (Å²) in [7, 11) is 1.98. The van der Waals surface area contributed by atoms with Crippen molar-refractivity contribution >= 4 is 0 Å². The molecule has 27 heavy (non-hydrogen) atoms. The fraction of sp³-hybridized carbons (Fsp3) is 0.500. The van der Waals surface area contributed by atoms with Gasteiger partial charge in [0.15, 0.2) is 0 Å². The van der Waals surface area contributed by atoms with E-state index in [9.17, 15) is 10.2 Å². The molecule has 3 heterocycles. The minimum absolute atomic E-state index is 0.192. The van der Waals surface area contributed by atoms with Crippen LogP contribution in [0.15, 0.2) is 48.8 Å². The van der Waals surface area contributed by atoms with E-state index < -0.39 is 12.2 Å². The molecule has 1 saturated heterocycles. The minimum Gasteiger partial charge on any atom is -0.394 e. The smallest absolute Gasteiger partial charge is 0.109 e. The first-order valence-corrected chi connectivity index (χ1v) is 9.34. The van der Waals surface area contributed by atoms with Crippen molar-refractivity contribution < 1.29 is 14.9 Å². The van der Waals surface area contributed by atoms with E-state index in [1.165, 1.54) is 0 Å². The predicted octanol–water partition coefficient (Wildman–Crippen LogP) is 0.230. The van der Waals surface area contributed by atoms with Crippen molar-refractivity contribution in [1.29, 1.82) is 0 Å². The van der Waals surface area contributed by atoms with Gasteiger partial charge in [0.1, 0.15) is 12.2 Å². The van der Waals surface area contributed by atoms with Gasteiger partial charge in [0.2, 0.25) is 0 Å². The first-order chi connectivity index (χ1) is 13.2. The maximum absolute atomic E-state index is 10.6. The molecular weight excluding hydrogens is 344 g/mol. The summed E-state index contributed by atoms with van der Waals surface area (Å²) in [6.07, 6.45) is 2.84. The van der Waals surface area contributed by atoms with Crippen molar-refractivity contribution in [2.75, 3.05) is 26.7 Å². The van der Waals surface area contributed by atoms with E-state index >= 15 is 0 Å². The van der Waals surface area contributed by atoms with Gasteiger partial charge in [0.05, 0.1) is 24.4 Å². The standard InChI is InChI=1S/C20H28N4O3/c1-24(11-8-15-6-2-4-9-22-15)19-17(27-18(14-25)20(19)26)13-21-12-16-7-3-5-10-23-16/h2-7,9-10,17-21,25-26H,8,11-14H2,1H3/t17-,18+,19-,20-/m1/s1. The van der Waals surface area contributed by atoms with Crippen LogP contribution in [0.4, 0.5) is 0 Å². The van der Waals surface area contributed by atoms with E-state index in [0.29, 0.717) is 13.1 Å². The summed E-state index contributed by atoms with van der Waals surface area (Å²) < 4.78 is 5.91. The van der Waals surface area contributed by atoms with Crippen molar-refractivity contribution in [3.05, 3.63) is 60.2 Å². The van der Waals surface area contributed by atoms with Crippen molar-refractivity contribution in [2.45, 2.75) is 37.3 Å². The van der Waals surface area contributed by atoms with Crippen LogP contribution in [-0.2, 0) is 17.7 Å². The number of pyridine rings is 2. The third kappa shape index (κ3) is 5.31. The van der Waals surface area contributed by atoms with Crippen LogP contribution in [0, 0.1) is 0 Å². The maximum Gasteiger partial charge on any atom is 0.109 e. The molecule has 146 valence electrons. The van der Waals surface area contributed by atoms with Crippen LogP contribution < -0.4 is 5.32 Å². The number of hydrogen-bond donors (Lipinski definition) is 3. The Labute approximate surface area is 160 Å². The minimum atomic E-state index is -0.731. The lowest BCUT2D eigenvalue weighted by molar-refractivity contribution is -0.0213. The number of ether oxygens (including phenoxy) is 1. The van der Waals surface area contributed by atoms with Crippen molar-refractivity contribution in [1.82, 2.24) is 20.2 Å². The van der Waals surface area contributed by atoms with Crippen molar-refractivity contribution in [3.8, 4) is 0 Å².